The third-order valence-corrected chi connectivity index (χ3v) is 9.88. The zero-order chi connectivity index (χ0) is 30.3. The number of nitriles is 1. The molecule has 234 valence electrons. The van der Waals surface area contributed by atoms with Crippen LogP contribution >= 0.6 is 0 Å². The third kappa shape index (κ3) is 6.03. The van der Waals surface area contributed by atoms with Gasteiger partial charge in [0.1, 0.15) is 17.6 Å². The first kappa shape index (κ1) is 29.5. The molecule has 8 heterocycles. The van der Waals surface area contributed by atoms with Gasteiger partial charge in [-0.2, -0.15) is 10.4 Å². The van der Waals surface area contributed by atoms with Crippen LogP contribution in [0.2, 0.25) is 0 Å². The lowest BCUT2D eigenvalue weighted by Crippen LogP contribution is -2.69. The molecule has 10 heteroatoms. The van der Waals surface area contributed by atoms with Gasteiger partial charge in [-0.1, -0.05) is 0 Å². The van der Waals surface area contributed by atoms with Gasteiger partial charge in [0.25, 0.3) is 0 Å². The highest BCUT2D eigenvalue weighted by Crippen LogP contribution is 2.40. The van der Waals surface area contributed by atoms with Crippen LogP contribution in [0.15, 0.2) is 36.8 Å². The van der Waals surface area contributed by atoms with Crippen LogP contribution in [0, 0.1) is 16.7 Å². The monoisotopic (exact) mass is 599 g/mol. The van der Waals surface area contributed by atoms with E-state index in [0.717, 1.165) is 80.6 Å². The Balaban J connectivity index is 0.980. The van der Waals surface area contributed by atoms with Crippen molar-refractivity contribution in [2.45, 2.75) is 64.1 Å². The summed E-state index contributed by atoms with van der Waals surface area (Å²) in [4.78, 5) is 12.4. The molecular formula is C34H45N7O3. The summed E-state index contributed by atoms with van der Waals surface area (Å²) in [7, 11) is 0. The molecule has 2 unspecified atom stereocenters. The van der Waals surface area contributed by atoms with Crippen molar-refractivity contribution in [2.24, 2.45) is 5.41 Å². The van der Waals surface area contributed by atoms with Crippen molar-refractivity contribution >= 4 is 11.3 Å². The van der Waals surface area contributed by atoms with E-state index in [-0.39, 0.29) is 5.60 Å². The molecule has 5 aliphatic heterocycles. The fourth-order valence-electron chi connectivity index (χ4n) is 7.57. The molecule has 0 amide bonds. The topological polar surface area (TPSA) is 91.4 Å². The maximum Gasteiger partial charge on any atom is 0.138 e. The zero-order valence-electron chi connectivity index (χ0n) is 26.4. The van der Waals surface area contributed by atoms with Gasteiger partial charge < -0.3 is 24.0 Å². The first-order valence-corrected chi connectivity index (χ1v) is 16.2. The molecule has 0 saturated carbocycles. The van der Waals surface area contributed by atoms with Crippen LogP contribution < -0.4 is 9.64 Å². The van der Waals surface area contributed by atoms with Crippen LogP contribution in [0.5, 0.6) is 5.75 Å². The fourth-order valence-corrected chi connectivity index (χ4v) is 7.57. The molecule has 2 atom stereocenters. The van der Waals surface area contributed by atoms with Crippen LogP contribution in [-0.2, 0) is 9.47 Å². The molecule has 44 heavy (non-hydrogen) atoms. The van der Waals surface area contributed by atoms with Gasteiger partial charge in [-0.15, -0.1) is 0 Å². The summed E-state index contributed by atoms with van der Waals surface area (Å²) >= 11 is 0. The smallest absolute Gasteiger partial charge is 0.138 e. The Bertz CT molecular complexity index is 1480. The van der Waals surface area contributed by atoms with E-state index in [1.807, 2.05) is 18.5 Å². The molecule has 1 spiro atoms. The number of fused-ring (bicyclic) bond motifs is 3. The fraction of sp³-hybridized carbons (Fsp3) is 0.618. The van der Waals surface area contributed by atoms with Gasteiger partial charge in [0.05, 0.1) is 42.3 Å². The van der Waals surface area contributed by atoms with E-state index in [9.17, 15) is 5.26 Å². The molecule has 0 N–H and O–H groups in total. The summed E-state index contributed by atoms with van der Waals surface area (Å²) < 4.78 is 19.5. The van der Waals surface area contributed by atoms with Gasteiger partial charge in [0.15, 0.2) is 0 Å². The second-order valence-corrected chi connectivity index (χ2v) is 14.1. The number of rotatable bonds is 10. The number of nitrogens with zero attached hydrogens (tertiary/aromatic N) is 7. The molecule has 8 rings (SSSR count). The molecule has 3 aromatic heterocycles. The second kappa shape index (κ2) is 11.9. The van der Waals surface area contributed by atoms with Gasteiger partial charge in [-0.3, -0.25) is 4.90 Å². The number of hydrogen-bond donors (Lipinski definition) is 0. The molecule has 0 aromatic carbocycles. The van der Waals surface area contributed by atoms with E-state index in [2.05, 4.69) is 58.8 Å². The lowest BCUT2D eigenvalue weighted by molar-refractivity contribution is -0.0811. The Kier molecular flexibility index (Phi) is 8.00. The molecule has 5 aliphatic rings. The molecule has 10 nitrogen and oxygen atoms in total. The Labute approximate surface area is 260 Å². The second-order valence-electron chi connectivity index (χ2n) is 14.1. The minimum Gasteiger partial charge on any atom is -0.492 e. The highest BCUT2D eigenvalue weighted by molar-refractivity contribution is 5.85. The largest absolute Gasteiger partial charge is 0.492 e. The van der Waals surface area contributed by atoms with Gasteiger partial charge in [-0.05, 0) is 64.7 Å². The number of ether oxygens (including phenoxy) is 3. The summed E-state index contributed by atoms with van der Waals surface area (Å²) in [5.74, 6) is 1.75. The highest BCUT2D eigenvalue weighted by atomic mass is 16.5. The lowest BCUT2D eigenvalue weighted by atomic mass is 9.73. The van der Waals surface area contributed by atoms with E-state index in [0.29, 0.717) is 29.7 Å². The van der Waals surface area contributed by atoms with Crippen LogP contribution in [0.3, 0.4) is 0 Å². The summed E-state index contributed by atoms with van der Waals surface area (Å²) in [6.45, 7) is 15.9. The Morgan fingerprint density at radius 2 is 1.86 bits per heavy atom. The number of hydrogen-bond acceptors (Lipinski definition) is 9. The Morgan fingerprint density at radius 1 is 1.07 bits per heavy atom. The zero-order valence-corrected chi connectivity index (χ0v) is 26.4. The number of likely N-dealkylation sites (tertiary alicyclic amines) is 1. The lowest BCUT2D eigenvalue weighted by Gasteiger charge is -2.56. The quantitative estimate of drug-likeness (QED) is 0.318. The first-order valence-electron chi connectivity index (χ1n) is 16.2. The maximum atomic E-state index is 9.79. The normalized spacial score (nSPS) is 23.4. The van der Waals surface area contributed by atoms with Crippen LogP contribution in [0.4, 0.5) is 5.82 Å². The average molecular weight is 600 g/mol. The van der Waals surface area contributed by atoms with E-state index in [1.165, 1.54) is 32.4 Å². The maximum absolute atomic E-state index is 9.79. The predicted octanol–water partition coefficient (Wildman–Crippen LogP) is 4.23. The SMILES string of the molecule is CC(C)(C)OCCN1C2CC1CN(c1ccc(-c3cc(OCCCN4CC5(CCOCC5)C4)cn4ncc(C#N)c34)cn1)C2. The van der Waals surface area contributed by atoms with Gasteiger partial charge >= 0.3 is 0 Å². The summed E-state index contributed by atoms with van der Waals surface area (Å²) in [5.41, 5.74) is 3.59. The number of pyridine rings is 2. The summed E-state index contributed by atoms with van der Waals surface area (Å²) in [6, 6.07) is 9.67. The standard InChI is InChI=1S/C34H45N7O3/c1-33(2,3)44-14-10-40-27-15-28(40)21-39(20-27)31-6-5-25(18-36-31)30-16-29(22-41-32(30)26(17-35)19-37-41)43-11-4-9-38-23-34(24-38)7-12-42-13-8-34/h5-6,16,18-19,22,27-28H,4,7-15,20-21,23-24H2,1-3H3. The molecule has 3 aromatic rings. The van der Waals surface area contributed by atoms with E-state index in [1.54, 1.807) is 10.7 Å². The predicted molar refractivity (Wildman–Crippen MR) is 169 cm³/mol. The molecule has 5 saturated heterocycles. The molecule has 0 aliphatic carbocycles. The van der Waals surface area contributed by atoms with Crippen molar-refractivity contribution in [1.82, 2.24) is 24.4 Å². The molecule has 0 radical (unpaired) electrons. The first-order chi connectivity index (χ1) is 21.3. The van der Waals surface area contributed by atoms with Crippen molar-refractivity contribution in [3.05, 3.63) is 42.4 Å². The van der Waals surface area contributed by atoms with Crippen molar-refractivity contribution in [2.75, 3.05) is 70.6 Å². The van der Waals surface area contributed by atoms with Crippen molar-refractivity contribution in [3.63, 3.8) is 0 Å². The average Bonchev–Trinajstić information content (AvgIpc) is 3.43. The highest BCUT2D eigenvalue weighted by Gasteiger charge is 2.45. The Hall–Kier alpha value is -3.23. The minimum absolute atomic E-state index is 0.0945. The summed E-state index contributed by atoms with van der Waals surface area (Å²) in [5, 5.41) is 14.3. The van der Waals surface area contributed by atoms with Gasteiger partial charge in [0, 0.05) is 87.3 Å². The molecular weight excluding hydrogens is 554 g/mol. The number of anilines is 1. The van der Waals surface area contributed by atoms with Crippen LogP contribution in [-0.4, -0.2) is 108 Å². The minimum atomic E-state index is -0.0945. The van der Waals surface area contributed by atoms with Crippen molar-refractivity contribution in [1.29, 1.82) is 5.26 Å². The van der Waals surface area contributed by atoms with Crippen LogP contribution in [0.25, 0.3) is 16.6 Å². The third-order valence-electron chi connectivity index (χ3n) is 9.88. The van der Waals surface area contributed by atoms with E-state index < -0.39 is 0 Å². The number of aromatic nitrogens is 3. The van der Waals surface area contributed by atoms with E-state index >= 15 is 0 Å². The van der Waals surface area contributed by atoms with Crippen molar-refractivity contribution in [3.8, 4) is 22.9 Å². The number of piperazine rings is 1. The summed E-state index contributed by atoms with van der Waals surface area (Å²) in [6.07, 6.45) is 10.0. The molecule has 5 fully saturated rings. The number of piperidine rings is 1. The van der Waals surface area contributed by atoms with E-state index in [4.69, 9.17) is 19.2 Å². The van der Waals surface area contributed by atoms with Gasteiger partial charge in [0.2, 0.25) is 0 Å². The van der Waals surface area contributed by atoms with Crippen molar-refractivity contribution < 1.29 is 14.2 Å². The van der Waals surface area contributed by atoms with Crippen LogP contribution in [0.1, 0.15) is 52.0 Å². The Morgan fingerprint density at radius 3 is 2.57 bits per heavy atom. The van der Waals surface area contributed by atoms with Gasteiger partial charge in [-0.25, -0.2) is 9.50 Å². The molecule has 2 bridgehead atoms.